The van der Waals surface area contributed by atoms with Crippen molar-refractivity contribution in [1.82, 2.24) is 9.80 Å². The highest BCUT2D eigenvalue weighted by molar-refractivity contribution is 7.92. The summed E-state index contributed by atoms with van der Waals surface area (Å²) in [6.45, 7) is 3.29. The normalized spacial score (nSPS) is 17.1. The molecule has 0 radical (unpaired) electrons. The summed E-state index contributed by atoms with van der Waals surface area (Å²) in [4.78, 5) is 7.91. The second-order valence-electron chi connectivity index (χ2n) is 7.52. The zero-order valence-electron chi connectivity index (χ0n) is 17.0. The fraction of sp³-hybridized carbons (Fsp3) is 0.381. The lowest BCUT2D eigenvalue weighted by molar-refractivity contribution is -0.0436. The molecular formula is C21H22F3N3O4S. The summed E-state index contributed by atoms with van der Waals surface area (Å²) < 4.78 is 69.4. The third-order valence-corrected chi connectivity index (χ3v) is 6.91. The molecule has 1 saturated heterocycles. The lowest BCUT2D eigenvalue weighted by Crippen LogP contribution is -2.49. The Kier molecular flexibility index (Phi) is 6.15. The molecular weight excluding hydrogens is 447 g/mol. The first-order valence-corrected chi connectivity index (χ1v) is 11.6. The molecule has 0 saturated carbocycles. The van der Waals surface area contributed by atoms with Gasteiger partial charge < -0.3 is 14.7 Å². The number of aliphatic imine (C=N–C) groups is 1. The maximum absolute atomic E-state index is 13.2. The minimum Gasteiger partial charge on any atom is -0.454 e. The molecule has 4 rings (SSSR count). The minimum atomic E-state index is -5.52. The van der Waals surface area contributed by atoms with Crippen molar-refractivity contribution in [3.8, 4) is 11.5 Å². The molecule has 1 N–H and O–H groups in total. The van der Waals surface area contributed by atoms with E-state index in [9.17, 15) is 21.6 Å². The highest BCUT2D eigenvalue weighted by Crippen LogP contribution is 2.40. The van der Waals surface area contributed by atoms with Gasteiger partial charge in [-0.1, -0.05) is 12.1 Å². The number of benzene rings is 2. The molecule has 0 atom stereocenters. The van der Waals surface area contributed by atoms with E-state index in [1.165, 1.54) is 6.07 Å². The van der Waals surface area contributed by atoms with Crippen molar-refractivity contribution in [3.05, 3.63) is 48.0 Å². The van der Waals surface area contributed by atoms with E-state index in [0.29, 0.717) is 49.9 Å². The smallest absolute Gasteiger partial charge is 0.454 e. The summed E-state index contributed by atoms with van der Waals surface area (Å²) in [5, 5.41) is 9.04. The number of aliphatic hydroxyl groups is 1. The van der Waals surface area contributed by atoms with Gasteiger partial charge in [-0.05, 0) is 36.8 Å². The van der Waals surface area contributed by atoms with E-state index in [-0.39, 0.29) is 17.9 Å². The van der Waals surface area contributed by atoms with Crippen molar-refractivity contribution in [1.29, 1.82) is 0 Å². The number of fused-ring (bicyclic) bond motifs is 2. The molecule has 0 aromatic heterocycles. The number of hydrogen-bond acceptors (Lipinski definition) is 7. The van der Waals surface area contributed by atoms with Crippen molar-refractivity contribution < 1.29 is 31.4 Å². The molecule has 2 aliphatic rings. The number of amidine groups is 1. The Morgan fingerprint density at radius 1 is 1.03 bits per heavy atom. The first-order chi connectivity index (χ1) is 15.2. The number of rotatable bonds is 4. The molecule has 2 heterocycles. The molecule has 1 fully saturated rings. The Hall–Kier alpha value is -2.63. The monoisotopic (exact) mass is 469 g/mol. The lowest BCUT2D eigenvalue weighted by atomic mass is 10.1. The van der Waals surface area contributed by atoms with Gasteiger partial charge >= 0.3 is 5.51 Å². The molecule has 0 unspecified atom stereocenters. The fourth-order valence-corrected chi connectivity index (χ4v) is 4.51. The summed E-state index contributed by atoms with van der Waals surface area (Å²) in [6.07, 6.45) is 0.656. The maximum atomic E-state index is 13.2. The van der Waals surface area contributed by atoms with E-state index in [4.69, 9.17) is 9.84 Å². The zero-order valence-corrected chi connectivity index (χ0v) is 17.9. The van der Waals surface area contributed by atoms with Crippen LogP contribution >= 0.6 is 0 Å². The van der Waals surface area contributed by atoms with E-state index in [0.717, 1.165) is 18.7 Å². The maximum Gasteiger partial charge on any atom is 0.501 e. The van der Waals surface area contributed by atoms with Gasteiger partial charge in [0.1, 0.15) is 17.3 Å². The molecule has 0 spiro atoms. The standard InChI is InChI=1S/C21H22F3N3O4S/c22-21(23,24)32(29,30)15-6-7-18-16(14-15)20(25-17-4-1-2-5-19(17)31-18)27-11-9-26(10-12-27)8-3-13-28/h1-2,4-7,14,28H,3,8-13H2. The predicted molar refractivity (Wildman–Crippen MR) is 112 cm³/mol. The van der Waals surface area contributed by atoms with Crippen molar-refractivity contribution in [2.24, 2.45) is 4.99 Å². The predicted octanol–water partition coefficient (Wildman–Crippen LogP) is 3.16. The minimum absolute atomic E-state index is 0.102. The molecule has 2 aromatic rings. The fourth-order valence-electron chi connectivity index (χ4n) is 3.72. The van der Waals surface area contributed by atoms with Gasteiger partial charge in [0.15, 0.2) is 5.75 Å². The van der Waals surface area contributed by atoms with Crippen LogP contribution in [0.4, 0.5) is 18.9 Å². The number of aliphatic hydroxyl groups excluding tert-OH is 1. The van der Waals surface area contributed by atoms with Crippen molar-refractivity contribution in [2.75, 3.05) is 39.3 Å². The van der Waals surface area contributed by atoms with Crippen LogP contribution in [0, 0.1) is 0 Å². The number of hydrogen-bond donors (Lipinski definition) is 1. The molecule has 7 nitrogen and oxygen atoms in total. The number of alkyl halides is 3. The average molecular weight is 469 g/mol. The molecule has 172 valence electrons. The Morgan fingerprint density at radius 2 is 1.75 bits per heavy atom. The van der Waals surface area contributed by atoms with Crippen LogP contribution < -0.4 is 4.74 Å². The Labute approximate surface area is 183 Å². The van der Waals surface area contributed by atoms with Crippen LogP contribution in [-0.2, 0) is 9.84 Å². The van der Waals surface area contributed by atoms with Crippen LogP contribution in [0.2, 0.25) is 0 Å². The number of ether oxygens (including phenoxy) is 1. The molecule has 32 heavy (non-hydrogen) atoms. The van der Waals surface area contributed by atoms with Gasteiger partial charge in [-0.15, -0.1) is 0 Å². The summed E-state index contributed by atoms with van der Waals surface area (Å²) in [7, 11) is -5.52. The third kappa shape index (κ3) is 4.32. The third-order valence-electron chi connectivity index (χ3n) is 5.42. The van der Waals surface area contributed by atoms with Gasteiger partial charge in [0.25, 0.3) is 9.84 Å². The topological polar surface area (TPSA) is 82.4 Å². The van der Waals surface area contributed by atoms with E-state index in [1.54, 1.807) is 24.3 Å². The Balaban J connectivity index is 1.75. The van der Waals surface area contributed by atoms with Gasteiger partial charge in [0.05, 0.1) is 10.5 Å². The van der Waals surface area contributed by atoms with Crippen LogP contribution in [-0.4, -0.2) is 74.0 Å². The number of sulfone groups is 1. The van der Waals surface area contributed by atoms with E-state index in [2.05, 4.69) is 9.89 Å². The number of para-hydroxylation sites is 2. The quantitative estimate of drug-likeness (QED) is 0.741. The molecule has 0 aliphatic carbocycles. The number of halogens is 3. The molecule has 11 heteroatoms. The van der Waals surface area contributed by atoms with Crippen LogP contribution in [0.25, 0.3) is 0 Å². The molecule has 0 amide bonds. The van der Waals surface area contributed by atoms with Crippen molar-refractivity contribution in [2.45, 2.75) is 16.8 Å². The zero-order chi connectivity index (χ0) is 22.9. The summed E-state index contributed by atoms with van der Waals surface area (Å²) in [5.41, 5.74) is -4.72. The van der Waals surface area contributed by atoms with Crippen LogP contribution in [0.1, 0.15) is 12.0 Å². The molecule has 0 bridgehead atoms. The van der Waals surface area contributed by atoms with Crippen LogP contribution in [0.3, 0.4) is 0 Å². The van der Waals surface area contributed by atoms with Gasteiger partial charge in [-0.2, -0.15) is 13.2 Å². The largest absolute Gasteiger partial charge is 0.501 e. The van der Waals surface area contributed by atoms with E-state index >= 15 is 0 Å². The van der Waals surface area contributed by atoms with Gasteiger partial charge in [-0.3, -0.25) is 4.90 Å². The van der Waals surface area contributed by atoms with E-state index < -0.39 is 20.2 Å². The summed E-state index contributed by atoms with van der Waals surface area (Å²) in [5.74, 6) is 1.03. The summed E-state index contributed by atoms with van der Waals surface area (Å²) in [6, 6.07) is 10.1. The Morgan fingerprint density at radius 3 is 2.44 bits per heavy atom. The average Bonchev–Trinajstić information content (AvgIpc) is 2.93. The Bertz CT molecular complexity index is 1130. The van der Waals surface area contributed by atoms with Crippen molar-refractivity contribution in [3.63, 3.8) is 0 Å². The molecule has 2 aromatic carbocycles. The number of nitrogens with zero attached hydrogens (tertiary/aromatic N) is 3. The SMILES string of the molecule is O=S(=O)(c1ccc2c(c1)C(N1CCN(CCCO)CC1)=Nc1ccccc1O2)C(F)(F)F. The van der Waals surface area contributed by atoms with Gasteiger partial charge in [0.2, 0.25) is 0 Å². The molecule has 2 aliphatic heterocycles. The first kappa shape index (κ1) is 22.6. The first-order valence-electron chi connectivity index (χ1n) is 10.1. The number of piperazine rings is 1. The summed E-state index contributed by atoms with van der Waals surface area (Å²) >= 11 is 0. The van der Waals surface area contributed by atoms with Crippen LogP contribution in [0.5, 0.6) is 11.5 Å². The van der Waals surface area contributed by atoms with Crippen LogP contribution in [0.15, 0.2) is 52.4 Å². The van der Waals surface area contributed by atoms with Crippen molar-refractivity contribution >= 4 is 21.4 Å². The second kappa shape index (κ2) is 8.72. The highest BCUT2D eigenvalue weighted by atomic mass is 32.2. The highest BCUT2D eigenvalue weighted by Gasteiger charge is 2.47. The van der Waals surface area contributed by atoms with Gasteiger partial charge in [-0.25, -0.2) is 13.4 Å². The second-order valence-corrected chi connectivity index (χ2v) is 9.46. The van der Waals surface area contributed by atoms with Gasteiger partial charge in [0, 0.05) is 39.3 Å². The lowest BCUT2D eigenvalue weighted by Gasteiger charge is -2.36. The van der Waals surface area contributed by atoms with E-state index in [1.807, 2.05) is 4.90 Å².